The number of pyridine rings is 1. The van der Waals surface area contributed by atoms with Crippen LogP contribution in [0.3, 0.4) is 0 Å². The van der Waals surface area contributed by atoms with E-state index in [0.29, 0.717) is 0 Å². The first-order chi connectivity index (χ1) is 8.83. The number of benzene rings is 1. The minimum absolute atomic E-state index is 0.959. The molecule has 0 radical (unpaired) electrons. The van der Waals surface area contributed by atoms with E-state index in [-0.39, 0.29) is 0 Å². The van der Waals surface area contributed by atoms with Crippen molar-refractivity contribution >= 4 is 15.9 Å². The SMILES string of the molecule is Brc1ccc(-c2cncc(-n3cccn3)c2)cc1. The summed E-state index contributed by atoms with van der Waals surface area (Å²) in [7, 11) is 0. The summed E-state index contributed by atoms with van der Waals surface area (Å²) in [4.78, 5) is 4.27. The third-order valence-corrected chi connectivity index (χ3v) is 3.20. The molecule has 0 fully saturated rings. The average Bonchev–Trinajstić information content (AvgIpc) is 2.94. The summed E-state index contributed by atoms with van der Waals surface area (Å²) in [6, 6.07) is 12.1. The largest absolute Gasteiger partial charge is 0.262 e. The fourth-order valence-electron chi connectivity index (χ4n) is 1.77. The third-order valence-electron chi connectivity index (χ3n) is 2.67. The van der Waals surface area contributed by atoms with Gasteiger partial charge in [-0.15, -0.1) is 0 Å². The van der Waals surface area contributed by atoms with Crippen LogP contribution in [0.15, 0.2) is 65.7 Å². The number of rotatable bonds is 2. The van der Waals surface area contributed by atoms with Crippen LogP contribution in [0.1, 0.15) is 0 Å². The molecule has 0 amide bonds. The molecule has 4 heteroatoms. The predicted octanol–water partition coefficient (Wildman–Crippen LogP) is 3.70. The summed E-state index contributed by atoms with van der Waals surface area (Å²) in [5, 5.41) is 4.20. The standard InChI is InChI=1S/C14H10BrN3/c15-13-4-2-11(3-5-13)12-8-14(10-16-9-12)18-7-1-6-17-18/h1-10H. The van der Waals surface area contributed by atoms with Crippen LogP contribution in [-0.2, 0) is 0 Å². The van der Waals surface area contributed by atoms with Crippen molar-refractivity contribution in [2.75, 3.05) is 0 Å². The van der Waals surface area contributed by atoms with Crippen molar-refractivity contribution in [1.82, 2.24) is 14.8 Å². The van der Waals surface area contributed by atoms with Crippen molar-refractivity contribution in [1.29, 1.82) is 0 Å². The molecule has 1 aromatic carbocycles. The Kier molecular flexibility index (Phi) is 2.94. The highest BCUT2D eigenvalue weighted by Gasteiger charge is 2.01. The molecule has 3 nitrogen and oxygen atoms in total. The molecule has 0 bridgehead atoms. The smallest absolute Gasteiger partial charge is 0.0834 e. The van der Waals surface area contributed by atoms with Gasteiger partial charge in [-0.2, -0.15) is 5.10 Å². The van der Waals surface area contributed by atoms with Gasteiger partial charge in [0.25, 0.3) is 0 Å². The summed E-state index contributed by atoms with van der Waals surface area (Å²) >= 11 is 3.43. The van der Waals surface area contributed by atoms with Crippen molar-refractivity contribution in [3.05, 3.63) is 65.7 Å². The number of hydrogen-bond donors (Lipinski definition) is 0. The summed E-state index contributed by atoms with van der Waals surface area (Å²) in [5.41, 5.74) is 3.18. The molecule has 0 aliphatic heterocycles. The van der Waals surface area contributed by atoms with Gasteiger partial charge in [-0.25, -0.2) is 4.68 Å². The van der Waals surface area contributed by atoms with Gasteiger partial charge in [-0.1, -0.05) is 28.1 Å². The van der Waals surface area contributed by atoms with E-state index in [1.807, 2.05) is 30.6 Å². The Labute approximate surface area is 113 Å². The maximum absolute atomic E-state index is 4.27. The predicted molar refractivity (Wildman–Crippen MR) is 74.5 cm³/mol. The normalized spacial score (nSPS) is 10.5. The first-order valence-electron chi connectivity index (χ1n) is 5.54. The second-order valence-corrected chi connectivity index (χ2v) is 4.81. The van der Waals surface area contributed by atoms with Gasteiger partial charge in [0.05, 0.1) is 11.9 Å². The van der Waals surface area contributed by atoms with Gasteiger partial charge in [-0.3, -0.25) is 4.98 Å². The van der Waals surface area contributed by atoms with E-state index < -0.39 is 0 Å². The zero-order valence-electron chi connectivity index (χ0n) is 9.49. The second kappa shape index (κ2) is 4.74. The van der Waals surface area contributed by atoms with Crippen molar-refractivity contribution in [2.45, 2.75) is 0 Å². The zero-order chi connectivity index (χ0) is 12.4. The van der Waals surface area contributed by atoms with Crippen LogP contribution in [0.25, 0.3) is 16.8 Å². The number of halogens is 1. The van der Waals surface area contributed by atoms with Crippen molar-refractivity contribution in [2.24, 2.45) is 0 Å². The highest BCUT2D eigenvalue weighted by Crippen LogP contribution is 2.22. The molecular formula is C14H10BrN3. The minimum Gasteiger partial charge on any atom is -0.262 e. The number of hydrogen-bond acceptors (Lipinski definition) is 2. The lowest BCUT2D eigenvalue weighted by atomic mass is 10.1. The van der Waals surface area contributed by atoms with Gasteiger partial charge >= 0.3 is 0 Å². The molecule has 88 valence electrons. The van der Waals surface area contributed by atoms with Crippen LogP contribution >= 0.6 is 15.9 Å². The monoisotopic (exact) mass is 299 g/mol. The molecule has 0 N–H and O–H groups in total. The molecular weight excluding hydrogens is 290 g/mol. The van der Waals surface area contributed by atoms with Gasteiger partial charge in [0.2, 0.25) is 0 Å². The Hall–Kier alpha value is -1.94. The molecule has 0 aliphatic rings. The maximum atomic E-state index is 4.27. The molecule has 0 atom stereocenters. The molecule has 3 aromatic rings. The van der Waals surface area contributed by atoms with Crippen LogP contribution in [0.5, 0.6) is 0 Å². The Morgan fingerprint density at radius 3 is 2.56 bits per heavy atom. The molecule has 2 heterocycles. The van der Waals surface area contributed by atoms with E-state index in [0.717, 1.165) is 21.3 Å². The van der Waals surface area contributed by atoms with Crippen molar-refractivity contribution in [3.8, 4) is 16.8 Å². The summed E-state index contributed by atoms with van der Waals surface area (Å²) in [5.74, 6) is 0. The molecule has 0 spiro atoms. The Balaban J connectivity index is 2.03. The number of aromatic nitrogens is 3. The second-order valence-electron chi connectivity index (χ2n) is 3.89. The van der Waals surface area contributed by atoms with Crippen LogP contribution < -0.4 is 0 Å². The zero-order valence-corrected chi connectivity index (χ0v) is 11.1. The lowest BCUT2D eigenvalue weighted by Crippen LogP contribution is -1.95. The molecule has 18 heavy (non-hydrogen) atoms. The van der Waals surface area contributed by atoms with Gasteiger partial charge < -0.3 is 0 Å². The van der Waals surface area contributed by atoms with Gasteiger partial charge in [0.15, 0.2) is 0 Å². The quantitative estimate of drug-likeness (QED) is 0.722. The van der Waals surface area contributed by atoms with E-state index in [1.54, 1.807) is 17.1 Å². The molecule has 0 saturated carbocycles. The van der Waals surface area contributed by atoms with E-state index in [1.165, 1.54) is 0 Å². The lowest BCUT2D eigenvalue weighted by Gasteiger charge is -2.05. The van der Waals surface area contributed by atoms with E-state index in [2.05, 4.69) is 44.2 Å². The van der Waals surface area contributed by atoms with Crippen molar-refractivity contribution in [3.63, 3.8) is 0 Å². The van der Waals surface area contributed by atoms with Crippen LogP contribution in [-0.4, -0.2) is 14.8 Å². The van der Waals surface area contributed by atoms with E-state index >= 15 is 0 Å². The van der Waals surface area contributed by atoms with Gasteiger partial charge in [0.1, 0.15) is 0 Å². The van der Waals surface area contributed by atoms with Crippen LogP contribution in [0, 0.1) is 0 Å². The molecule has 2 aromatic heterocycles. The lowest BCUT2D eigenvalue weighted by molar-refractivity contribution is 0.874. The molecule has 0 unspecified atom stereocenters. The summed E-state index contributed by atoms with van der Waals surface area (Å²) in [6.45, 7) is 0. The average molecular weight is 300 g/mol. The fraction of sp³-hybridized carbons (Fsp3) is 0. The molecule has 0 aliphatic carbocycles. The van der Waals surface area contributed by atoms with Gasteiger partial charge in [0, 0.05) is 28.6 Å². The topological polar surface area (TPSA) is 30.7 Å². The Morgan fingerprint density at radius 1 is 1.00 bits per heavy atom. The maximum Gasteiger partial charge on any atom is 0.0834 e. The van der Waals surface area contributed by atoms with Gasteiger partial charge in [-0.05, 0) is 29.8 Å². The van der Waals surface area contributed by atoms with Crippen molar-refractivity contribution < 1.29 is 0 Å². The molecule has 0 saturated heterocycles. The van der Waals surface area contributed by atoms with E-state index in [4.69, 9.17) is 0 Å². The highest BCUT2D eigenvalue weighted by molar-refractivity contribution is 9.10. The Morgan fingerprint density at radius 2 is 1.83 bits per heavy atom. The molecule has 3 rings (SSSR count). The first-order valence-corrected chi connectivity index (χ1v) is 6.33. The number of nitrogens with zero attached hydrogens (tertiary/aromatic N) is 3. The fourth-order valence-corrected chi connectivity index (χ4v) is 2.04. The van der Waals surface area contributed by atoms with Crippen LogP contribution in [0.2, 0.25) is 0 Å². The minimum atomic E-state index is 0.959. The highest BCUT2D eigenvalue weighted by atomic mass is 79.9. The first kappa shape index (κ1) is 11.2. The summed E-state index contributed by atoms with van der Waals surface area (Å²) < 4.78 is 2.87. The van der Waals surface area contributed by atoms with Crippen LogP contribution in [0.4, 0.5) is 0 Å². The third kappa shape index (κ3) is 2.19. The summed E-state index contributed by atoms with van der Waals surface area (Å²) in [6.07, 6.45) is 7.32. The Bertz CT molecular complexity index is 645. The van der Waals surface area contributed by atoms with E-state index in [9.17, 15) is 0 Å².